The lowest BCUT2D eigenvalue weighted by atomic mass is 9.94. The fourth-order valence-electron chi connectivity index (χ4n) is 4.49. The maximum Gasteiger partial charge on any atom is 0.301 e. The summed E-state index contributed by atoms with van der Waals surface area (Å²) in [6.45, 7) is 0.765. The van der Waals surface area contributed by atoms with Crippen LogP contribution >= 0.6 is 0 Å². The predicted molar refractivity (Wildman–Crippen MR) is 133 cm³/mol. The zero-order chi connectivity index (χ0) is 26.1. The van der Waals surface area contributed by atoms with Gasteiger partial charge in [-0.1, -0.05) is 6.07 Å². The van der Waals surface area contributed by atoms with Crippen molar-refractivity contribution < 1.29 is 38.4 Å². The second-order valence-corrected chi connectivity index (χ2v) is 8.17. The summed E-state index contributed by atoms with van der Waals surface area (Å²) >= 11 is 0. The first kappa shape index (κ1) is 24.0. The number of rotatable bonds is 6. The van der Waals surface area contributed by atoms with Crippen molar-refractivity contribution in [2.75, 3.05) is 39.4 Å². The number of hydrogen-bond donors (Lipinski definition) is 1. The third-order valence-corrected chi connectivity index (χ3v) is 6.16. The Kier molecular flexibility index (Phi) is 6.31. The van der Waals surface area contributed by atoms with E-state index in [2.05, 4.69) is 4.98 Å². The molecule has 1 N–H and O–H groups in total. The van der Waals surface area contributed by atoms with Crippen LogP contribution in [0.3, 0.4) is 0 Å². The molecule has 2 aliphatic heterocycles. The van der Waals surface area contributed by atoms with Crippen LogP contribution in [0.1, 0.15) is 17.2 Å². The van der Waals surface area contributed by atoms with Gasteiger partial charge >= 0.3 is 5.91 Å². The van der Waals surface area contributed by atoms with Crippen molar-refractivity contribution in [2.45, 2.75) is 6.04 Å². The Morgan fingerprint density at radius 2 is 1.65 bits per heavy atom. The Balaban J connectivity index is 1.74. The lowest BCUT2D eigenvalue weighted by molar-refractivity contribution is -0.132. The number of aromatic nitrogens is 1. The highest BCUT2D eigenvalue weighted by atomic mass is 16.6. The van der Waals surface area contributed by atoms with Crippen LogP contribution in [0, 0.1) is 0 Å². The van der Waals surface area contributed by atoms with E-state index in [1.807, 2.05) is 0 Å². The molecule has 0 bridgehead atoms. The summed E-state index contributed by atoms with van der Waals surface area (Å²) in [5.74, 6) is 0.114. The van der Waals surface area contributed by atoms with Crippen molar-refractivity contribution in [3.05, 3.63) is 71.4 Å². The number of amides is 1. The van der Waals surface area contributed by atoms with Crippen molar-refractivity contribution in [2.24, 2.45) is 0 Å². The van der Waals surface area contributed by atoms with E-state index in [0.717, 1.165) is 0 Å². The molecule has 1 atom stereocenters. The van der Waals surface area contributed by atoms with E-state index in [-0.39, 0.29) is 17.2 Å². The van der Waals surface area contributed by atoms with Gasteiger partial charge in [0.05, 0.1) is 32.9 Å². The van der Waals surface area contributed by atoms with Gasteiger partial charge in [-0.2, -0.15) is 0 Å². The number of hydrogen-bond acceptors (Lipinski definition) is 9. The fraction of sp³-hybridized carbons (Fsp3) is 0.222. The van der Waals surface area contributed by atoms with E-state index in [9.17, 15) is 14.7 Å². The maximum atomic E-state index is 13.4. The highest BCUT2D eigenvalue weighted by Crippen LogP contribution is 2.47. The number of benzene rings is 2. The summed E-state index contributed by atoms with van der Waals surface area (Å²) < 4.78 is 27.6. The quantitative estimate of drug-likeness (QED) is 0.306. The number of ether oxygens (including phenoxy) is 5. The molecule has 37 heavy (non-hydrogen) atoms. The van der Waals surface area contributed by atoms with E-state index in [1.165, 1.54) is 32.4 Å². The van der Waals surface area contributed by atoms with Crippen LogP contribution in [-0.4, -0.2) is 56.3 Å². The molecule has 2 aromatic carbocycles. The van der Waals surface area contributed by atoms with Crippen LogP contribution in [0.4, 0.5) is 5.82 Å². The third-order valence-electron chi connectivity index (χ3n) is 6.16. The first-order chi connectivity index (χ1) is 18.0. The van der Waals surface area contributed by atoms with Crippen LogP contribution in [0.2, 0.25) is 0 Å². The summed E-state index contributed by atoms with van der Waals surface area (Å²) in [6, 6.07) is 12.0. The van der Waals surface area contributed by atoms with E-state index in [4.69, 9.17) is 23.7 Å². The van der Waals surface area contributed by atoms with Crippen molar-refractivity contribution in [3.63, 3.8) is 0 Å². The molecule has 1 unspecified atom stereocenters. The average molecular weight is 504 g/mol. The molecule has 1 fully saturated rings. The monoisotopic (exact) mass is 504 g/mol. The molecule has 3 aromatic rings. The highest BCUT2D eigenvalue weighted by molar-refractivity contribution is 6.51. The number of methoxy groups -OCH3 is 3. The molecule has 0 spiro atoms. The first-order valence-electron chi connectivity index (χ1n) is 11.4. The number of pyridine rings is 1. The van der Waals surface area contributed by atoms with Gasteiger partial charge in [0.1, 0.15) is 24.8 Å². The normalized spacial score (nSPS) is 18.0. The first-order valence-corrected chi connectivity index (χ1v) is 11.4. The molecule has 1 amide bonds. The van der Waals surface area contributed by atoms with Crippen molar-refractivity contribution in [1.29, 1.82) is 0 Å². The minimum Gasteiger partial charge on any atom is -0.507 e. The number of ketones is 1. The predicted octanol–water partition coefficient (Wildman–Crippen LogP) is 3.50. The van der Waals surface area contributed by atoms with Gasteiger partial charge in [0.15, 0.2) is 23.0 Å². The molecule has 5 rings (SSSR count). The zero-order valence-electron chi connectivity index (χ0n) is 20.4. The number of carbonyl (C=O) groups excluding carboxylic acids is 2. The minimum absolute atomic E-state index is 0.124. The van der Waals surface area contributed by atoms with E-state index in [0.29, 0.717) is 53.1 Å². The standard InChI is InChI=1S/C27H24N2O8/c1-33-19-13-16(14-20(34-2)26(19)35-3)23-22(25(31)27(32)29(23)21-6-4-5-9-28-21)24(30)15-7-8-17-18(12-15)37-11-10-36-17/h4-9,12-14,23,30H,10-11H2,1-3H3. The highest BCUT2D eigenvalue weighted by Gasteiger charge is 2.48. The van der Waals surface area contributed by atoms with Gasteiger partial charge < -0.3 is 28.8 Å². The van der Waals surface area contributed by atoms with Crippen molar-refractivity contribution >= 4 is 23.3 Å². The Morgan fingerprint density at radius 1 is 0.946 bits per heavy atom. The average Bonchev–Trinajstić information content (AvgIpc) is 3.21. The molecular formula is C27H24N2O8. The van der Waals surface area contributed by atoms with Gasteiger partial charge in [-0.25, -0.2) is 4.98 Å². The van der Waals surface area contributed by atoms with Gasteiger partial charge in [0.25, 0.3) is 5.78 Å². The van der Waals surface area contributed by atoms with E-state index >= 15 is 0 Å². The van der Waals surface area contributed by atoms with E-state index in [1.54, 1.807) is 48.5 Å². The summed E-state index contributed by atoms with van der Waals surface area (Å²) in [7, 11) is 4.40. The third kappa shape index (κ3) is 4.06. The second-order valence-electron chi connectivity index (χ2n) is 8.17. The molecule has 0 saturated carbocycles. The zero-order valence-corrected chi connectivity index (χ0v) is 20.4. The molecule has 190 valence electrons. The molecule has 10 heteroatoms. The Hall–Kier alpha value is -4.73. The van der Waals surface area contributed by atoms with Gasteiger partial charge in [0.2, 0.25) is 5.75 Å². The summed E-state index contributed by atoms with van der Waals surface area (Å²) in [5.41, 5.74) is 0.612. The van der Waals surface area contributed by atoms with Crippen LogP contribution in [0.25, 0.3) is 5.76 Å². The lowest BCUT2D eigenvalue weighted by Crippen LogP contribution is -2.30. The maximum absolute atomic E-state index is 13.4. The smallest absolute Gasteiger partial charge is 0.301 e. The molecular weight excluding hydrogens is 480 g/mol. The summed E-state index contributed by atoms with van der Waals surface area (Å²) in [5, 5.41) is 11.4. The van der Waals surface area contributed by atoms with Crippen molar-refractivity contribution in [1.82, 2.24) is 4.98 Å². The van der Waals surface area contributed by atoms with Gasteiger partial charge in [-0.05, 0) is 48.0 Å². The van der Waals surface area contributed by atoms with E-state index < -0.39 is 17.7 Å². The Morgan fingerprint density at radius 3 is 2.27 bits per heavy atom. The van der Waals surface area contributed by atoms with Crippen LogP contribution in [-0.2, 0) is 9.59 Å². The molecule has 0 radical (unpaired) electrons. The number of anilines is 1. The molecule has 10 nitrogen and oxygen atoms in total. The van der Waals surface area contributed by atoms with Crippen molar-refractivity contribution in [3.8, 4) is 28.7 Å². The van der Waals surface area contributed by atoms with Crippen LogP contribution in [0.5, 0.6) is 28.7 Å². The summed E-state index contributed by atoms with van der Waals surface area (Å²) in [6.07, 6.45) is 1.52. The largest absolute Gasteiger partial charge is 0.507 e. The topological polar surface area (TPSA) is 117 Å². The van der Waals surface area contributed by atoms with Gasteiger partial charge in [-0.15, -0.1) is 0 Å². The molecule has 1 aromatic heterocycles. The van der Waals surface area contributed by atoms with Crippen LogP contribution in [0.15, 0.2) is 60.3 Å². The summed E-state index contributed by atoms with van der Waals surface area (Å²) in [4.78, 5) is 32.3. The second kappa shape index (κ2) is 9.73. The SMILES string of the molecule is COc1cc(C2C(=C(O)c3ccc4c(c3)OCCO4)C(=O)C(=O)N2c2ccccn2)cc(OC)c1OC. The fourth-order valence-corrected chi connectivity index (χ4v) is 4.49. The molecule has 2 aliphatic rings. The molecule has 3 heterocycles. The van der Waals surface area contributed by atoms with Gasteiger partial charge in [0, 0.05) is 11.8 Å². The van der Waals surface area contributed by atoms with Crippen LogP contribution < -0.4 is 28.6 Å². The Labute approximate surface area is 212 Å². The molecule has 1 saturated heterocycles. The molecule has 0 aliphatic carbocycles. The lowest BCUT2D eigenvalue weighted by Gasteiger charge is -2.26. The van der Waals surface area contributed by atoms with Gasteiger partial charge in [-0.3, -0.25) is 14.5 Å². The number of fused-ring (bicyclic) bond motifs is 1. The number of carbonyl (C=O) groups is 2. The minimum atomic E-state index is -1.04. The number of Topliss-reactive ketones (excluding diaryl/α,β-unsaturated/α-hetero) is 1. The number of aliphatic hydroxyl groups excluding tert-OH is 1. The number of nitrogens with zero attached hydrogens (tertiary/aromatic N) is 2. The number of aliphatic hydroxyl groups is 1. The Bertz CT molecular complexity index is 1380.